The number of aromatic nitrogens is 1. The number of hydrogen-bond donors (Lipinski definition) is 2. The monoisotopic (exact) mass is 225 g/mol. The minimum absolute atomic E-state index is 0.0256. The van der Waals surface area contributed by atoms with Gasteiger partial charge in [-0.2, -0.15) is 0 Å². The van der Waals surface area contributed by atoms with Crippen molar-refractivity contribution in [3.8, 4) is 0 Å². The number of halogens is 1. The number of nitrogens with zero attached hydrogens (tertiary/aromatic N) is 1. The fraction of sp³-hybridized carbons (Fsp3) is 0.400. The molecule has 0 aromatic carbocycles. The molecule has 2 N–H and O–H groups in total. The van der Waals surface area contributed by atoms with Gasteiger partial charge in [-0.3, -0.25) is 4.79 Å². The van der Waals surface area contributed by atoms with Crippen LogP contribution in [-0.4, -0.2) is 23.5 Å². The smallest absolute Gasteiger partial charge is 0.242 e. The minimum atomic E-state index is -0.0810. The van der Waals surface area contributed by atoms with Crippen molar-refractivity contribution in [2.45, 2.75) is 18.9 Å². The van der Waals surface area contributed by atoms with Gasteiger partial charge in [-0.25, -0.2) is 4.98 Å². The van der Waals surface area contributed by atoms with Crippen molar-refractivity contribution < 1.29 is 4.79 Å². The van der Waals surface area contributed by atoms with Crippen LogP contribution < -0.4 is 10.6 Å². The molecule has 1 unspecified atom stereocenters. The standard InChI is InChI=1S/C10H12ClN3O/c11-7-3-4-9(13-6-7)14-10(15)8-2-1-5-12-8/h3-4,6,8,12H,1-2,5H2,(H,13,14,15). The van der Waals surface area contributed by atoms with Gasteiger partial charge in [-0.05, 0) is 31.5 Å². The average Bonchev–Trinajstić information content (AvgIpc) is 2.74. The Kier molecular flexibility index (Phi) is 3.18. The average molecular weight is 226 g/mol. The van der Waals surface area contributed by atoms with Crippen LogP contribution in [0.1, 0.15) is 12.8 Å². The van der Waals surface area contributed by atoms with Gasteiger partial charge in [0.2, 0.25) is 5.91 Å². The molecular formula is C10H12ClN3O. The summed E-state index contributed by atoms with van der Waals surface area (Å²) in [4.78, 5) is 15.7. The summed E-state index contributed by atoms with van der Waals surface area (Å²) in [6.07, 6.45) is 3.45. The molecule has 0 saturated carbocycles. The van der Waals surface area contributed by atoms with E-state index in [-0.39, 0.29) is 11.9 Å². The molecule has 2 heterocycles. The highest BCUT2D eigenvalue weighted by Gasteiger charge is 2.21. The molecular weight excluding hydrogens is 214 g/mol. The van der Waals surface area contributed by atoms with E-state index in [1.807, 2.05) is 0 Å². The van der Waals surface area contributed by atoms with Crippen LogP contribution in [0.15, 0.2) is 18.3 Å². The summed E-state index contributed by atoms with van der Waals surface area (Å²) >= 11 is 5.69. The van der Waals surface area contributed by atoms with E-state index < -0.39 is 0 Å². The molecule has 1 aliphatic heterocycles. The first-order chi connectivity index (χ1) is 7.25. The first-order valence-corrected chi connectivity index (χ1v) is 5.29. The normalized spacial score (nSPS) is 20.2. The predicted molar refractivity (Wildman–Crippen MR) is 58.9 cm³/mol. The van der Waals surface area contributed by atoms with E-state index in [9.17, 15) is 4.79 Å². The lowest BCUT2D eigenvalue weighted by atomic mass is 10.2. The van der Waals surface area contributed by atoms with Crippen LogP contribution >= 0.6 is 11.6 Å². The third-order valence-electron chi connectivity index (χ3n) is 2.36. The summed E-state index contributed by atoms with van der Waals surface area (Å²) in [5.41, 5.74) is 0. The lowest BCUT2D eigenvalue weighted by Crippen LogP contribution is -2.35. The number of pyridine rings is 1. The Balaban J connectivity index is 1.96. The van der Waals surface area contributed by atoms with Gasteiger partial charge in [0, 0.05) is 6.20 Å². The fourth-order valence-corrected chi connectivity index (χ4v) is 1.68. The van der Waals surface area contributed by atoms with Crippen LogP contribution in [-0.2, 0) is 4.79 Å². The van der Waals surface area contributed by atoms with Gasteiger partial charge in [0.1, 0.15) is 5.82 Å². The molecule has 0 aliphatic carbocycles. The summed E-state index contributed by atoms with van der Waals surface area (Å²) in [5.74, 6) is 0.514. The quantitative estimate of drug-likeness (QED) is 0.801. The van der Waals surface area contributed by atoms with Gasteiger partial charge in [-0.1, -0.05) is 11.6 Å². The third-order valence-corrected chi connectivity index (χ3v) is 2.58. The Morgan fingerprint density at radius 1 is 1.60 bits per heavy atom. The van der Waals surface area contributed by atoms with Gasteiger partial charge in [0.05, 0.1) is 11.1 Å². The highest BCUT2D eigenvalue weighted by molar-refractivity contribution is 6.30. The van der Waals surface area contributed by atoms with Crippen LogP contribution in [0, 0.1) is 0 Å². The maximum atomic E-state index is 11.7. The van der Waals surface area contributed by atoms with Crippen molar-refractivity contribution in [1.29, 1.82) is 0 Å². The van der Waals surface area contributed by atoms with Gasteiger partial charge in [0.15, 0.2) is 0 Å². The van der Waals surface area contributed by atoms with E-state index in [1.165, 1.54) is 6.20 Å². The van der Waals surface area contributed by atoms with Crippen LogP contribution in [0.5, 0.6) is 0 Å². The molecule has 5 heteroatoms. The Bertz CT molecular complexity index is 346. The lowest BCUT2D eigenvalue weighted by molar-refractivity contribution is -0.117. The lowest BCUT2D eigenvalue weighted by Gasteiger charge is -2.09. The SMILES string of the molecule is O=C(Nc1ccc(Cl)cn1)C1CCCN1. The summed E-state index contributed by atoms with van der Waals surface area (Å²) in [7, 11) is 0. The number of hydrogen-bond acceptors (Lipinski definition) is 3. The maximum absolute atomic E-state index is 11.7. The molecule has 1 aromatic heterocycles. The molecule has 1 atom stereocenters. The van der Waals surface area contributed by atoms with Gasteiger partial charge < -0.3 is 10.6 Å². The van der Waals surface area contributed by atoms with E-state index in [1.54, 1.807) is 12.1 Å². The topological polar surface area (TPSA) is 54.0 Å². The Morgan fingerprint density at radius 2 is 2.47 bits per heavy atom. The molecule has 80 valence electrons. The molecule has 1 fully saturated rings. The minimum Gasteiger partial charge on any atom is -0.309 e. The zero-order chi connectivity index (χ0) is 10.7. The fourth-order valence-electron chi connectivity index (χ4n) is 1.57. The summed E-state index contributed by atoms with van der Waals surface area (Å²) < 4.78 is 0. The second-order valence-corrected chi connectivity index (χ2v) is 3.94. The molecule has 0 spiro atoms. The van der Waals surface area contributed by atoms with Gasteiger partial charge >= 0.3 is 0 Å². The van der Waals surface area contributed by atoms with Crippen molar-refractivity contribution >= 4 is 23.3 Å². The highest BCUT2D eigenvalue weighted by atomic mass is 35.5. The Hall–Kier alpha value is -1.13. The first-order valence-electron chi connectivity index (χ1n) is 4.91. The van der Waals surface area contributed by atoms with Crippen LogP contribution in [0.4, 0.5) is 5.82 Å². The molecule has 1 aliphatic rings. The van der Waals surface area contributed by atoms with Crippen molar-refractivity contribution in [3.63, 3.8) is 0 Å². The number of rotatable bonds is 2. The van der Waals surface area contributed by atoms with E-state index in [4.69, 9.17) is 11.6 Å². The molecule has 1 aromatic rings. The third kappa shape index (κ3) is 2.67. The molecule has 4 nitrogen and oxygen atoms in total. The van der Waals surface area contributed by atoms with E-state index in [2.05, 4.69) is 15.6 Å². The van der Waals surface area contributed by atoms with Crippen LogP contribution in [0.2, 0.25) is 5.02 Å². The number of carbonyl (C=O) groups is 1. The largest absolute Gasteiger partial charge is 0.309 e. The Morgan fingerprint density at radius 3 is 3.07 bits per heavy atom. The van der Waals surface area contributed by atoms with Crippen LogP contribution in [0.3, 0.4) is 0 Å². The summed E-state index contributed by atoms with van der Waals surface area (Å²) in [5, 5.41) is 6.42. The van der Waals surface area contributed by atoms with Gasteiger partial charge in [-0.15, -0.1) is 0 Å². The van der Waals surface area contributed by atoms with Crippen molar-refractivity contribution in [1.82, 2.24) is 10.3 Å². The predicted octanol–water partition coefficient (Wildman–Crippen LogP) is 1.43. The molecule has 15 heavy (non-hydrogen) atoms. The molecule has 0 bridgehead atoms. The van der Waals surface area contributed by atoms with Gasteiger partial charge in [0.25, 0.3) is 0 Å². The maximum Gasteiger partial charge on any atom is 0.242 e. The summed E-state index contributed by atoms with van der Waals surface area (Å²) in [6.45, 7) is 0.909. The summed E-state index contributed by atoms with van der Waals surface area (Å²) in [6, 6.07) is 3.31. The zero-order valence-corrected chi connectivity index (χ0v) is 8.92. The van der Waals surface area contributed by atoms with Crippen molar-refractivity contribution in [2.75, 3.05) is 11.9 Å². The number of nitrogens with one attached hydrogen (secondary N) is 2. The second-order valence-electron chi connectivity index (χ2n) is 3.50. The van der Waals surface area contributed by atoms with E-state index in [0.29, 0.717) is 10.8 Å². The van der Waals surface area contributed by atoms with Crippen molar-refractivity contribution in [3.05, 3.63) is 23.4 Å². The highest BCUT2D eigenvalue weighted by Crippen LogP contribution is 2.11. The Labute approximate surface area is 93.0 Å². The second kappa shape index (κ2) is 4.59. The number of carbonyl (C=O) groups excluding carboxylic acids is 1. The molecule has 0 radical (unpaired) electrons. The number of amides is 1. The molecule has 2 rings (SSSR count). The molecule has 1 saturated heterocycles. The zero-order valence-electron chi connectivity index (χ0n) is 8.16. The molecule has 1 amide bonds. The van der Waals surface area contributed by atoms with Crippen molar-refractivity contribution in [2.24, 2.45) is 0 Å². The van der Waals surface area contributed by atoms with E-state index in [0.717, 1.165) is 19.4 Å². The van der Waals surface area contributed by atoms with E-state index >= 15 is 0 Å². The van der Waals surface area contributed by atoms with Crippen LogP contribution in [0.25, 0.3) is 0 Å². The number of anilines is 1. The first kappa shape index (κ1) is 10.4.